The van der Waals surface area contributed by atoms with Crippen molar-refractivity contribution in [2.24, 2.45) is 0 Å². The molecule has 1 aliphatic heterocycles. The Bertz CT molecular complexity index is 1740. The molecule has 0 bridgehead atoms. The van der Waals surface area contributed by atoms with Crippen LogP contribution in [0.15, 0.2) is 88.2 Å². The van der Waals surface area contributed by atoms with Gasteiger partial charge in [0, 0.05) is 60.3 Å². The molecule has 1 saturated heterocycles. The van der Waals surface area contributed by atoms with E-state index >= 15 is 0 Å². The maximum absolute atomic E-state index is 13.6. The van der Waals surface area contributed by atoms with Crippen molar-refractivity contribution in [3.63, 3.8) is 0 Å². The van der Waals surface area contributed by atoms with Crippen LogP contribution in [0.3, 0.4) is 0 Å². The molecule has 0 radical (unpaired) electrons. The van der Waals surface area contributed by atoms with E-state index < -0.39 is 11.3 Å². The molecular formula is C32H28N2O5. The quantitative estimate of drug-likeness (QED) is 0.297. The maximum Gasteiger partial charge on any atom is 0.223 e. The number of carbonyl (C=O) groups is 1. The number of carbonyl (C=O) groups excluding carboxylic acids is 1. The van der Waals surface area contributed by atoms with E-state index in [0.717, 1.165) is 41.8 Å². The number of fused-ring (bicyclic) bond motifs is 2. The van der Waals surface area contributed by atoms with E-state index in [2.05, 4.69) is 4.98 Å². The first kappa shape index (κ1) is 24.7. The number of phenolic OH excluding ortho intramolecular Hbond substituents is 2. The van der Waals surface area contributed by atoms with Crippen LogP contribution in [0, 0.1) is 0 Å². The van der Waals surface area contributed by atoms with Gasteiger partial charge in [-0.2, -0.15) is 0 Å². The molecule has 0 aliphatic carbocycles. The van der Waals surface area contributed by atoms with Gasteiger partial charge < -0.3 is 19.5 Å². The molecule has 1 amide bonds. The zero-order valence-corrected chi connectivity index (χ0v) is 21.3. The Morgan fingerprint density at radius 1 is 0.923 bits per heavy atom. The van der Waals surface area contributed by atoms with Crippen LogP contribution >= 0.6 is 0 Å². The molecule has 7 heteroatoms. The second kappa shape index (κ2) is 10.3. The molecule has 0 spiro atoms. The SMILES string of the molecule is O=C(CC(c1ccc2ncccc2c1)c1c(O)cc(O)c2c(=O)cc(-c3ccccc3)oc12)N1CCCCC1. The summed E-state index contributed by atoms with van der Waals surface area (Å²) >= 11 is 0. The van der Waals surface area contributed by atoms with Crippen LogP contribution in [0.4, 0.5) is 0 Å². The van der Waals surface area contributed by atoms with Crippen LogP contribution in [-0.2, 0) is 4.79 Å². The fraction of sp³-hybridized carbons (Fsp3) is 0.219. The van der Waals surface area contributed by atoms with E-state index in [1.165, 1.54) is 6.07 Å². The zero-order chi connectivity index (χ0) is 26.9. The van der Waals surface area contributed by atoms with Gasteiger partial charge in [0.1, 0.15) is 28.2 Å². The van der Waals surface area contributed by atoms with Crippen molar-refractivity contribution in [3.05, 3.63) is 100 Å². The Morgan fingerprint density at radius 3 is 2.51 bits per heavy atom. The first-order valence-electron chi connectivity index (χ1n) is 13.2. The second-order valence-electron chi connectivity index (χ2n) is 10.0. The van der Waals surface area contributed by atoms with Crippen molar-refractivity contribution in [2.75, 3.05) is 13.1 Å². The lowest BCUT2D eigenvalue weighted by atomic mass is 9.85. The lowest BCUT2D eigenvalue weighted by Gasteiger charge is -2.29. The molecule has 196 valence electrons. The topological polar surface area (TPSA) is 104 Å². The molecule has 2 N–H and O–H groups in total. The van der Waals surface area contributed by atoms with Crippen molar-refractivity contribution in [1.82, 2.24) is 9.88 Å². The number of hydrogen-bond acceptors (Lipinski definition) is 6. The summed E-state index contributed by atoms with van der Waals surface area (Å²) in [5.41, 5.74) is 2.20. The summed E-state index contributed by atoms with van der Waals surface area (Å²) in [4.78, 5) is 33.1. The molecule has 1 atom stereocenters. The highest BCUT2D eigenvalue weighted by Gasteiger charge is 2.30. The zero-order valence-electron chi connectivity index (χ0n) is 21.3. The highest BCUT2D eigenvalue weighted by atomic mass is 16.3. The Kier molecular flexibility index (Phi) is 6.49. The highest BCUT2D eigenvalue weighted by molar-refractivity contribution is 5.91. The van der Waals surface area contributed by atoms with E-state index in [4.69, 9.17) is 4.42 Å². The minimum absolute atomic E-state index is 0.0274. The van der Waals surface area contributed by atoms with Crippen molar-refractivity contribution < 1.29 is 19.4 Å². The molecule has 39 heavy (non-hydrogen) atoms. The maximum atomic E-state index is 13.6. The molecule has 3 heterocycles. The van der Waals surface area contributed by atoms with Gasteiger partial charge in [-0.15, -0.1) is 0 Å². The van der Waals surface area contributed by atoms with Gasteiger partial charge in [0.25, 0.3) is 0 Å². The third kappa shape index (κ3) is 4.72. The van der Waals surface area contributed by atoms with Gasteiger partial charge in [0.15, 0.2) is 5.43 Å². The fourth-order valence-electron chi connectivity index (χ4n) is 5.55. The van der Waals surface area contributed by atoms with E-state index in [1.807, 2.05) is 65.6 Å². The third-order valence-corrected chi connectivity index (χ3v) is 7.52. The predicted molar refractivity (Wildman–Crippen MR) is 150 cm³/mol. The van der Waals surface area contributed by atoms with Gasteiger partial charge in [0.2, 0.25) is 5.91 Å². The summed E-state index contributed by atoms with van der Waals surface area (Å²) in [5, 5.41) is 22.8. The van der Waals surface area contributed by atoms with E-state index in [9.17, 15) is 19.8 Å². The average Bonchev–Trinajstić information content (AvgIpc) is 2.96. The van der Waals surface area contributed by atoms with Crippen molar-refractivity contribution in [3.8, 4) is 22.8 Å². The molecule has 1 fully saturated rings. The minimum Gasteiger partial charge on any atom is -0.507 e. The number of rotatable bonds is 5. The molecule has 5 aromatic rings. The summed E-state index contributed by atoms with van der Waals surface area (Å²) in [7, 11) is 0. The number of amides is 1. The number of nitrogens with zero attached hydrogens (tertiary/aromatic N) is 2. The van der Waals surface area contributed by atoms with Crippen LogP contribution < -0.4 is 5.43 Å². The standard InChI is InChI=1S/C32H28N2O5/c35-25-18-26(36)31-27(37)19-28(20-8-3-1-4-9-20)39-32(31)30(25)23(17-29(38)34-14-5-2-6-15-34)21-11-12-24-22(16-21)10-7-13-33-24/h1,3-4,7-13,16,18-19,23,35-36H,2,5-6,14-15,17H2. The first-order chi connectivity index (χ1) is 19.0. The van der Waals surface area contributed by atoms with Crippen LogP contribution in [0.2, 0.25) is 0 Å². The predicted octanol–water partition coefficient (Wildman–Crippen LogP) is 5.95. The number of pyridine rings is 1. The van der Waals surface area contributed by atoms with Gasteiger partial charge in [-0.3, -0.25) is 14.6 Å². The molecule has 0 saturated carbocycles. The van der Waals surface area contributed by atoms with E-state index in [0.29, 0.717) is 30.0 Å². The number of aromatic nitrogens is 1. The highest BCUT2D eigenvalue weighted by Crippen LogP contribution is 2.43. The first-order valence-corrected chi connectivity index (χ1v) is 13.2. The lowest BCUT2D eigenvalue weighted by Crippen LogP contribution is -2.36. The van der Waals surface area contributed by atoms with E-state index in [-0.39, 0.29) is 34.8 Å². The Labute approximate surface area is 225 Å². The molecule has 2 aromatic heterocycles. The number of phenols is 2. The van der Waals surface area contributed by atoms with Gasteiger partial charge in [-0.05, 0) is 43.0 Å². The van der Waals surface area contributed by atoms with E-state index in [1.54, 1.807) is 6.20 Å². The number of likely N-dealkylation sites (tertiary alicyclic amines) is 1. The largest absolute Gasteiger partial charge is 0.507 e. The van der Waals surface area contributed by atoms with Crippen LogP contribution in [0.25, 0.3) is 33.2 Å². The van der Waals surface area contributed by atoms with Crippen molar-refractivity contribution in [2.45, 2.75) is 31.6 Å². The van der Waals surface area contributed by atoms with Gasteiger partial charge in [0.05, 0.1) is 5.52 Å². The monoisotopic (exact) mass is 520 g/mol. The third-order valence-electron chi connectivity index (χ3n) is 7.52. The summed E-state index contributed by atoms with van der Waals surface area (Å²) in [5.74, 6) is -0.975. The molecule has 3 aromatic carbocycles. The normalized spacial score (nSPS) is 14.5. The Morgan fingerprint density at radius 2 is 1.72 bits per heavy atom. The van der Waals surface area contributed by atoms with Gasteiger partial charge >= 0.3 is 0 Å². The average molecular weight is 521 g/mol. The molecule has 1 unspecified atom stereocenters. The summed E-state index contributed by atoms with van der Waals surface area (Å²) in [6.07, 6.45) is 4.81. The minimum atomic E-state index is -0.638. The molecule has 1 aliphatic rings. The molecule has 7 nitrogen and oxygen atoms in total. The number of benzene rings is 3. The number of hydrogen-bond donors (Lipinski definition) is 2. The van der Waals surface area contributed by atoms with Crippen molar-refractivity contribution >= 4 is 27.8 Å². The lowest BCUT2D eigenvalue weighted by molar-refractivity contribution is -0.132. The van der Waals surface area contributed by atoms with Crippen molar-refractivity contribution in [1.29, 1.82) is 0 Å². The van der Waals surface area contributed by atoms with Crippen LogP contribution in [-0.4, -0.2) is 39.1 Å². The van der Waals surface area contributed by atoms with Crippen LogP contribution in [0.5, 0.6) is 11.5 Å². The van der Waals surface area contributed by atoms with Crippen LogP contribution in [0.1, 0.15) is 42.7 Å². The Hall–Kier alpha value is -4.65. The fourth-order valence-corrected chi connectivity index (χ4v) is 5.55. The number of piperidine rings is 1. The second-order valence-corrected chi connectivity index (χ2v) is 10.0. The van der Waals surface area contributed by atoms with Gasteiger partial charge in [-0.1, -0.05) is 42.5 Å². The summed E-state index contributed by atoms with van der Waals surface area (Å²) in [6, 6.07) is 21.2. The summed E-state index contributed by atoms with van der Waals surface area (Å²) < 4.78 is 6.28. The molecular weight excluding hydrogens is 492 g/mol. The number of aromatic hydroxyl groups is 2. The summed E-state index contributed by atoms with van der Waals surface area (Å²) in [6.45, 7) is 1.39. The van der Waals surface area contributed by atoms with Gasteiger partial charge in [-0.25, -0.2) is 0 Å². The smallest absolute Gasteiger partial charge is 0.223 e. The Balaban J connectivity index is 1.58. The molecule has 6 rings (SSSR count).